The quantitative estimate of drug-likeness (QED) is 0.807. The number of methoxy groups -OCH3 is 1. The van der Waals surface area contributed by atoms with E-state index in [1.807, 2.05) is 11.0 Å². The van der Waals surface area contributed by atoms with Gasteiger partial charge in [-0.05, 0) is 43.1 Å². The predicted molar refractivity (Wildman–Crippen MR) is 92.3 cm³/mol. The lowest BCUT2D eigenvalue weighted by Crippen LogP contribution is -2.48. The number of benzene rings is 1. The Hall–Kier alpha value is -2.34. The summed E-state index contributed by atoms with van der Waals surface area (Å²) in [4.78, 5) is 16.5. The minimum Gasteiger partial charge on any atom is -0.494 e. The van der Waals surface area contributed by atoms with Crippen LogP contribution in [0.3, 0.4) is 0 Å². The van der Waals surface area contributed by atoms with Crippen LogP contribution in [0.2, 0.25) is 0 Å². The van der Waals surface area contributed by atoms with Gasteiger partial charge in [-0.1, -0.05) is 6.07 Å². The highest BCUT2D eigenvalue weighted by Gasteiger charge is 2.22. The molecular weight excluding hydrogens is 323 g/mol. The fourth-order valence-electron chi connectivity index (χ4n) is 3.12. The van der Waals surface area contributed by atoms with Crippen LogP contribution in [0.4, 0.5) is 4.39 Å². The fourth-order valence-corrected chi connectivity index (χ4v) is 3.12. The van der Waals surface area contributed by atoms with E-state index in [1.165, 1.54) is 19.6 Å². The van der Waals surface area contributed by atoms with Crippen LogP contribution in [-0.2, 0) is 6.42 Å². The van der Waals surface area contributed by atoms with Gasteiger partial charge in [-0.2, -0.15) is 0 Å². The average Bonchev–Trinajstić information content (AvgIpc) is 3.16. The molecular formula is C19H23FN2O3. The van der Waals surface area contributed by atoms with Crippen LogP contribution in [0, 0.1) is 5.82 Å². The van der Waals surface area contributed by atoms with E-state index in [0.717, 1.165) is 51.1 Å². The number of hydrogen-bond acceptors (Lipinski definition) is 4. The molecule has 0 atom stereocenters. The molecule has 5 nitrogen and oxygen atoms in total. The third-order valence-electron chi connectivity index (χ3n) is 4.58. The lowest BCUT2D eigenvalue weighted by atomic mass is 10.1. The number of rotatable bonds is 6. The lowest BCUT2D eigenvalue weighted by molar-refractivity contribution is 0.0635. The first kappa shape index (κ1) is 17.5. The summed E-state index contributed by atoms with van der Waals surface area (Å²) < 4.78 is 23.6. The van der Waals surface area contributed by atoms with Crippen molar-refractivity contribution in [3.63, 3.8) is 0 Å². The second-order valence-corrected chi connectivity index (χ2v) is 6.22. The molecule has 0 aliphatic carbocycles. The summed E-state index contributed by atoms with van der Waals surface area (Å²) in [5, 5.41) is 0. The molecule has 25 heavy (non-hydrogen) atoms. The van der Waals surface area contributed by atoms with E-state index < -0.39 is 0 Å². The number of carbonyl (C=O) groups is 1. The first-order valence-electron chi connectivity index (χ1n) is 8.53. The SMILES string of the molecule is COc1ccc(CCCN2CCN(C(=O)c3ccoc3)CC2)cc1F. The molecule has 6 heteroatoms. The van der Waals surface area contributed by atoms with Crippen molar-refractivity contribution < 1.29 is 18.3 Å². The molecule has 0 unspecified atom stereocenters. The van der Waals surface area contributed by atoms with Crippen LogP contribution < -0.4 is 4.74 Å². The van der Waals surface area contributed by atoms with Crippen LogP contribution in [0.15, 0.2) is 41.2 Å². The van der Waals surface area contributed by atoms with Gasteiger partial charge in [0.05, 0.1) is 18.9 Å². The maximum absolute atomic E-state index is 13.7. The molecule has 0 radical (unpaired) electrons. The predicted octanol–water partition coefficient (Wildman–Crippen LogP) is 2.82. The number of aryl methyl sites for hydroxylation is 1. The van der Waals surface area contributed by atoms with E-state index >= 15 is 0 Å². The first-order valence-corrected chi connectivity index (χ1v) is 8.53. The Bertz CT molecular complexity index is 695. The minimum atomic E-state index is -0.314. The van der Waals surface area contributed by atoms with Gasteiger partial charge in [-0.25, -0.2) is 4.39 Å². The zero-order chi connectivity index (χ0) is 17.6. The van der Waals surface area contributed by atoms with E-state index in [2.05, 4.69) is 4.90 Å². The van der Waals surface area contributed by atoms with Gasteiger partial charge in [0, 0.05) is 26.2 Å². The Morgan fingerprint density at radius 1 is 1.24 bits per heavy atom. The van der Waals surface area contributed by atoms with Crippen molar-refractivity contribution in [2.24, 2.45) is 0 Å². The van der Waals surface area contributed by atoms with Gasteiger partial charge in [-0.15, -0.1) is 0 Å². The number of piperazine rings is 1. The normalized spacial score (nSPS) is 15.4. The van der Waals surface area contributed by atoms with E-state index in [4.69, 9.17) is 9.15 Å². The molecule has 1 aromatic heterocycles. The van der Waals surface area contributed by atoms with Crippen molar-refractivity contribution >= 4 is 5.91 Å². The number of hydrogen-bond donors (Lipinski definition) is 0. The number of carbonyl (C=O) groups excluding carboxylic acids is 1. The van der Waals surface area contributed by atoms with Crippen molar-refractivity contribution in [1.82, 2.24) is 9.80 Å². The molecule has 1 aromatic carbocycles. The molecule has 1 aliphatic heterocycles. The monoisotopic (exact) mass is 346 g/mol. The summed E-state index contributed by atoms with van der Waals surface area (Å²) in [5.74, 6) is -0.00403. The summed E-state index contributed by atoms with van der Waals surface area (Å²) in [6.07, 6.45) is 4.80. The van der Waals surface area contributed by atoms with Gasteiger partial charge in [0.25, 0.3) is 5.91 Å². The van der Waals surface area contributed by atoms with Crippen molar-refractivity contribution in [3.8, 4) is 5.75 Å². The molecule has 3 rings (SSSR count). The van der Waals surface area contributed by atoms with E-state index in [0.29, 0.717) is 5.56 Å². The Kier molecular flexibility index (Phi) is 5.71. The highest BCUT2D eigenvalue weighted by atomic mass is 19.1. The van der Waals surface area contributed by atoms with Crippen LogP contribution in [0.1, 0.15) is 22.3 Å². The van der Waals surface area contributed by atoms with Gasteiger partial charge in [-0.3, -0.25) is 9.69 Å². The van der Waals surface area contributed by atoms with Crippen LogP contribution in [-0.4, -0.2) is 55.5 Å². The van der Waals surface area contributed by atoms with Crippen molar-refractivity contribution in [2.45, 2.75) is 12.8 Å². The number of ether oxygens (including phenoxy) is 1. The largest absolute Gasteiger partial charge is 0.494 e. The van der Waals surface area contributed by atoms with Crippen molar-refractivity contribution in [3.05, 3.63) is 53.7 Å². The second kappa shape index (κ2) is 8.16. The zero-order valence-electron chi connectivity index (χ0n) is 14.4. The second-order valence-electron chi connectivity index (χ2n) is 6.22. The number of furan rings is 1. The van der Waals surface area contributed by atoms with Gasteiger partial charge in [0.1, 0.15) is 6.26 Å². The molecule has 0 N–H and O–H groups in total. The standard InChI is InChI=1S/C19H23FN2O3/c1-24-18-5-4-15(13-17(18)20)3-2-7-21-8-10-22(11-9-21)19(23)16-6-12-25-14-16/h4-6,12-14H,2-3,7-11H2,1H3. The van der Waals surface area contributed by atoms with Gasteiger partial charge < -0.3 is 14.1 Å². The van der Waals surface area contributed by atoms with Gasteiger partial charge >= 0.3 is 0 Å². The maximum Gasteiger partial charge on any atom is 0.257 e. The first-order chi connectivity index (χ1) is 12.2. The number of amides is 1. The fraction of sp³-hybridized carbons (Fsp3) is 0.421. The smallest absolute Gasteiger partial charge is 0.257 e. The Morgan fingerprint density at radius 3 is 2.68 bits per heavy atom. The summed E-state index contributed by atoms with van der Waals surface area (Å²) in [5.41, 5.74) is 1.59. The van der Waals surface area contributed by atoms with E-state index in [-0.39, 0.29) is 17.5 Å². The highest BCUT2D eigenvalue weighted by molar-refractivity contribution is 5.93. The third-order valence-corrected chi connectivity index (χ3v) is 4.58. The van der Waals surface area contributed by atoms with Crippen molar-refractivity contribution in [1.29, 1.82) is 0 Å². The topological polar surface area (TPSA) is 45.9 Å². The molecule has 1 fully saturated rings. The Labute approximate surface area is 147 Å². The summed E-state index contributed by atoms with van der Waals surface area (Å²) in [6, 6.07) is 6.82. The third kappa shape index (κ3) is 4.39. The molecule has 0 bridgehead atoms. The van der Waals surface area contributed by atoms with Crippen LogP contribution >= 0.6 is 0 Å². The number of halogens is 1. The van der Waals surface area contributed by atoms with E-state index in [9.17, 15) is 9.18 Å². The molecule has 2 aromatic rings. The summed E-state index contributed by atoms with van der Waals surface area (Å²) >= 11 is 0. The van der Waals surface area contributed by atoms with Crippen LogP contribution in [0.25, 0.3) is 0 Å². The average molecular weight is 346 g/mol. The van der Waals surface area contributed by atoms with Gasteiger partial charge in [0.2, 0.25) is 0 Å². The zero-order valence-corrected chi connectivity index (χ0v) is 14.4. The summed E-state index contributed by atoms with van der Waals surface area (Å²) in [6.45, 7) is 4.12. The van der Waals surface area contributed by atoms with Crippen molar-refractivity contribution in [2.75, 3.05) is 39.8 Å². The molecule has 2 heterocycles. The molecule has 134 valence electrons. The Morgan fingerprint density at radius 2 is 2.04 bits per heavy atom. The Balaban J connectivity index is 1.41. The molecule has 1 aliphatic rings. The molecule has 0 saturated carbocycles. The summed E-state index contributed by atoms with van der Waals surface area (Å²) in [7, 11) is 1.47. The molecule has 1 saturated heterocycles. The highest BCUT2D eigenvalue weighted by Crippen LogP contribution is 2.18. The van der Waals surface area contributed by atoms with Gasteiger partial charge in [0.15, 0.2) is 11.6 Å². The van der Waals surface area contributed by atoms with Crippen LogP contribution in [0.5, 0.6) is 5.75 Å². The lowest BCUT2D eigenvalue weighted by Gasteiger charge is -2.34. The van der Waals surface area contributed by atoms with E-state index in [1.54, 1.807) is 18.2 Å². The number of nitrogens with zero attached hydrogens (tertiary/aromatic N) is 2. The maximum atomic E-state index is 13.7. The molecule has 0 spiro atoms. The minimum absolute atomic E-state index is 0.0297. The molecule has 1 amide bonds.